The molecule has 0 fully saturated rings. The van der Waals surface area contributed by atoms with Gasteiger partial charge >= 0.3 is 5.97 Å². The molecule has 0 aromatic carbocycles. The topological polar surface area (TPSA) is 108 Å². The van der Waals surface area contributed by atoms with Gasteiger partial charge in [-0.3, -0.25) is 0 Å². The first-order valence-electron chi connectivity index (χ1n) is 5.98. The molecule has 3 N–H and O–H groups in total. The van der Waals surface area contributed by atoms with Gasteiger partial charge < -0.3 is 10.4 Å². The Morgan fingerprint density at radius 3 is 2.60 bits per heavy atom. The standard InChI is InChI=1S/C12H19N3O4S/c1-12(2,15-20(3,18)19)8-13-7-9-5-4-6-10(14-9)11(16)17/h4-6,13,15H,7-8H2,1-3H3,(H,16,17). The van der Waals surface area contributed by atoms with Gasteiger partial charge in [0.25, 0.3) is 0 Å². The maximum atomic E-state index is 11.2. The molecular weight excluding hydrogens is 282 g/mol. The van der Waals surface area contributed by atoms with E-state index in [-0.39, 0.29) is 5.69 Å². The molecule has 1 aromatic heterocycles. The highest BCUT2D eigenvalue weighted by atomic mass is 32.2. The van der Waals surface area contributed by atoms with E-state index < -0.39 is 21.5 Å². The fourth-order valence-electron chi connectivity index (χ4n) is 1.74. The molecule has 0 bridgehead atoms. The number of nitrogens with one attached hydrogen (secondary N) is 2. The van der Waals surface area contributed by atoms with Crippen LogP contribution in [0.5, 0.6) is 0 Å². The lowest BCUT2D eigenvalue weighted by atomic mass is 10.1. The van der Waals surface area contributed by atoms with E-state index in [2.05, 4.69) is 15.0 Å². The van der Waals surface area contributed by atoms with Gasteiger partial charge in [-0.2, -0.15) is 0 Å². The lowest BCUT2D eigenvalue weighted by Gasteiger charge is -2.25. The Kier molecular flexibility index (Phi) is 5.21. The third-order valence-electron chi connectivity index (χ3n) is 2.36. The second-order valence-electron chi connectivity index (χ2n) is 5.18. The molecule has 1 heterocycles. The minimum atomic E-state index is -3.28. The van der Waals surface area contributed by atoms with Gasteiger partial charge in [0.1, 0.15) is 5.69 Å². The second-order valence-corrected chi connectivity index (χ2v) is 6.93. The van der Waals surface area contributed by atoms with Crippen LogP contribution in [0.3, 0.4) is 0 Å². The van der Waals surface area contributed by atoms with E-state index in [1.165, 1.54) is 6.07 Å². The molecule has 0 saturated heterocycles. The van der Waals surface area contributed by atoms with Crippen molar-refractivity contribution in [3.8, 4) is 0 Å². The SMILES string of the molecule is CC(C)(CNCc1cccc(C(=O)O)n1)NS(C)(=O)=O. The van der Waals surface area contributed by atoms with Crippen molar-refractivity contribution in [1.82, 2.24) is 15.0 Å². The third-order valence-corrected chi connectivity index (χ3v) is 3.28. The number of carboxylic acid groups (broad SMARTS) is 1. The molecule has 0 radical (unpaired) electrons. The van der Waals surface area contributed by atoms with Gasteiger partial charge in [-0.05, 0) is 26.0 Å². The largest absolute Gasteiger partial charge is 0.477 e. The Morgan fingerprint density at radius 1 is 1.40 bits per heavy atom. The third kappa shape index (κ3) is 6.09. The lowest BCUT2D eigenvalue weighted by molar-refractivity contribution is 0.0690. The predicted octanol–water partition coefficient (Wildman–Crippen LogP) is 0.197. The van der Waals surface area contributed by atoms with Crippen LogP contribution in [0, 0.1) is 0 Å². The van der Waals surface area contributed by atoms with Crippen LogP contribution >= 0.6 is 0 Å². The van der Waals surface area contributed by atoms with Crippen molar-refractivity contribution in [2.75, 3.05) is 12.8 Å². The Labute approximate surface area is 118 Å². The van der Waals surface area contributed by atoms with E-state index in [1.807, 2.05) is 0 Å². The zero-order valence-electron chi connectivity index (χ0n) is 11.7. The minimum absolute atomic E-state index is 0.0159. The number of aromatic nitrogens is 1. The van der Waals surface area contributed by atoms with E-state index in [4.69, 9.17) is 5.11 Å². The second kappa shape index (κ2) is 6.29. The molecule has 0 aliphatic carbocycles. The first-order valence-corrected chi connectivity index (χ1v) is 7.87. The highest BCUT2D eigenvalue weighted by Crippen LogP contribution is 2.04. The Hall–Kier alpha value is -1.51. The van der Waals surface area contributed by atoms with Crippen molar-refractivity contribution in [2.45, 2.75) is 25.9 Å². The molecule has 1 rings (SSSR count). The van der Waals surface area contributed by atoms with Gasteiger partial charge in [0.2, 0.25) is 10.0 Å². The summed E-state index contributed by atoms with van der Waals surface area (Å²) in [6.07, 6.45) is 1.10. The van der Waals surface area contributed by atoms with Crippen molar-refractivity contribution < 1.29 is 18.3 Å². The van der Waals surface area contributed by atoms with Crippen LogP contribution in [0.25, 0.3) is 0 Å². The number of aromatic carboxylic acids is 1. The van der Waals surface area contributed by atoms with E-state index in [0.29, 0.717) is 18.8 Å². The summed E-state index contributed by atoms with van der Waals surface area (Å²) in [6.45, 7) is 4.25. The average Bonchev–Trinajstić information content (AvgIpc) is 2.25. The molecular formula is C12H19N3O4S. The molecule has 0 aliphatic rings. The van der Waals surface area contributed by atoms with Crippen molar-refractivity contribution in [3.05, 3.63) is 29.6 Å². The molecule has 7 nitrogen and oxygen atoms in total. The van der Waals surface area contributed by atoms with Crippen molar-refractivity contribution in [2.24, 2.45) is 0 Å². The number of hydrogen-bond donors (Lipinski definition) is 3. The summed E-state index contributed by atoms with van der Waals surface area (Å²) < 4.78 is 24.9. The van der Waals surface area contributed by atoms with E-state index in [9.17, 15) is 13.2 Å². The molecule has 1 aromatic rings. The lowest BCUT2D eigenvalue weighted by Crippen LogP contribution is -2.49. The van der Waals surface area contributed by atoms with Crippen LogP contribution in [0.2, 0.25) is 0 Å². The zero-order valence-corrected chi connectivity index (χ0v) is 12.5. The summed E-state index contributed by atoms with van der Waals surface area (Å²) in [7, 11) is -3.28. The summed E-state index contributed by atoms with van der Waals surface area (Å²) in [5.74, 6) is -1.08. The molecule has 0 saturated carbocycles. The fraction of sp³-hybridized carbons (Fsp3) is 0.500. The van der Waals surface area contributed by atoms with Crippen molar-refractivity contribution in [1.29, 1.82) is 0 Å². The number of carbonyl (C=O) groups is 1. The van der Waals surface area contributed by atoms with Gasteiger partial charge in [0.05, 0.1) is 11.9 Å². The average molecular weight is 301 g/mol. The predicted molar refractivity (Wildman–Crippen MR) is 75.0 cm³/mol. The number of carboxylic acids is 1. The monoisotopic (exact) mass is 301 g/mol. The summed E-state index contributed by atoms with van der Waals surface area (Å²) in [5, 5.41) is 11.9. The molecule has 0 spiro atoms. The molecule has 0 unspecified atom stereocenters. The summed E-state index contributed by atoms with van der Waals surface area (Å²) in [6, 6.07) is 4.74. The Balaban J connectivity index is 2.56. The number of sulfonamides is 1. The van der Waals surface area contributed by atoms with E-state index in [0.717, 1.165) is 6.26 Å². The highest BCUT2D eigenvalue weighted by molar-refractivity contribution is 7.88. The normalized spacial score (nSPS) is 12.3. The van der Waals surface area contributed by atoms with Gasteiger partial charge in [-0.15, -0.1) is 0 Å². The molecule has 0 aliphatic heterocycles. The number of hydrogen-bond acceptors (Lipinski definition) is 5. The maximum Gasteiger partial charge on any atom is 0.354 e. The first kappa shape index (κ1) is 16.5. The summed E-state index contributed by atoms with van der Waals surface area (Å²) in [5.41, 5.74) is -0.0734. The fourth-order valence-corrected chi connectivity index (χ4v) is 2.81. The van der Waals surface area contributed by atoms with Crippen LogP contribution in [-0.4, -0.2) is 42.8 Å². The van der Waals surface area contributed by atoms with E-state index in [1.54, 1.807) is 26.0 Å². The molecule has 0 amide bonds. The van der Waals surface area contributed by atoms with Crippen LogP contribution in [0.1, 0.15) is 30.0 Å². The van der Waals surface area contributed by atoms with Crippen LogP contribution in [0.4, 0.5) is 0 Å². The zero-order chi connectivity index (χ0) is 15.4. The molecule has 20 heavy (non-hydrogen) atoms. The summed E-state index contributed by atoms with van der Waals surface area (Å²) in [4.78, 5) is 14.7. The first-order chi connectivity index (χ1) is 9.09. The smallest absolute Gasteiger partial charge is 0.354 e. The van der Waals surface area contributed by atoms with E-state index >= 15 is 0 Å². The quantitative estimate of drug-likeness (QED) is 0.664. The van der Waals surface area contributed by atoms with Gasteiger partial charge in [-0.1, -0.05) is 6.07 Å². The minimum Gasteiger partial charge on any atom is -0.477 e. The number of nitrogens with zero attached hydrogens (tertiary/aromatic N) is 1. The highest BCUT2D eigenvalue weighted by Gasteiger charge is 2.21. The Bertz CT molecular complexity index is 584. The number of pyridine rings is 1. The van der Waals surface area contributed by atoms with Gasteiger partial charge in [-0.25, -0.2) is 22.9 Å². The van der Waals surface area contributed by atoms with Crippen molar-refractivity contribution >= 4 is 16.0 Å². The summed E-state index contributed by atoms with van der Waals surface area (Å²) >= 11 is 0. The van der Waals surface area contributed by atoms with Gasteiger partial charge in [0.15, 0.2) is 0 Å². The Morgan fingerprint density at radius 2 is 2.05 bits per heavy atom. The van der Waals surface area contributed by atoms with Crippen LogP contribution in [-0.2, 0) is 16.6 Å². The molecule has 0 atom stereocenters. The van der Waals surface area contributed by atoms with Crippen LogP contribution < -0.4 is 10.0 Å². The number of rotatable bonds is 7. The molecule has 8 heteroatoms. The molecule has 112 valence electrons. The van der Waals surface area contributed by atoms with Gasteiger partial charge in [0, 0.05) is 18.6 Å². The van der Waals surface area contributed by atoms with Crippen LogP contribution in [0.15, 0.2) is 18.2 Å². The maximum absolute atomic E-state index is 11.2. The van der Waals surface area contributed by atoms with Crippen molar-refractivity contribution in [3.63, 3.8) is 0 Å².